The van der Waals surface area contributed by atoms with Gasteiger partial charge in [-0.05, 0) is 16.7 Å². The lowest BCUT2D eigenvalue weighted by Crippen LogP contribution is -1.97. The number of nitrogens with zero attached hydrogens (tertiary/aromatic N) is 1. The number of aliphatic imine (C=N–C) groups is 1. The van der Waals surface area contributed by atoms with Crippen LogP contribution in [0.5, 0.6) is 0 Å². The van der Waals surface area contributed by atoms with Crippen LogP contribution >= 0.6 is 0 Å². The molecule has 1 heterocycles. The topological polar surface area (TPSA) is 12.4 Å². The average Bonchev–Trinajstić information content (AvgIpc) is 3.09. The summed E-state index contributed by atoms with van der Waals surface area (Å²) in [7, 11) is 0. The Bertz CT molecular complexity index is 860. The molecule has 0 aliphatic carbocycles. The number of hydrogen-bond acceptors (Lipinski definition) is 1. The molecule has 0 bridgehead atoms. The Labute approximate surface area is 136 Å². The molecule has 0 unspecified atom stereocenters. The van der Waals surface area contributed by atoms with Crippen LogP contribution in [0, 0.1) is 0 Å². The first-order chi connectivity index (χ1) is 11.4. The first-order valence-corrected chi connectivity index (χ1v) is 7.89. The third-order valence-electron chi connectivity index (χ3n) is 4.15. The van der Waals surface area contributed by atoms with E-state index in [9.17, 15) is 0 Å². The summed E-state index contributed by atoms with van der Waals surface area (Å²) in [5.41, 5.74) is 7.17. The van der Waals surface area contributed by atoms with Crippen LogP contribution in [0.4, 0.5) is 0 Å². The van der Waals surface area contributed by atoms with Gasteiger partial charge < -0.3 is 0 Å². The maximum Gasteiger partial charge on any atom is 0.0747 e. The molecule has 0 saturated carbocycles. The lowest BCUT2D eigenvalue weighted by Gasteiger charge is -2.06. The van der Waals surface area contributed by atoms with Crippen molar-refractivity contribution in [1.82, 2.24) is 0 Å². The van der Waals surface area contributed by atoms with Crippen molar-refractivity contribution in [2.24, 2.45) is 4.99 Å². The standard InChI is InChI=1S/C22H17N/c1-4-10-17(11-5-1)20-16-21(18-12-6-2-7-13-18)23-22(20)19-14-8-3-9-15-19/h1-15H,16H2. The Balaban J connectivity index is 1.82. The predicted octanol–water partition coefficient (Wildman–Crippen LogP) is 5.45. The van der Waals surface area contributed by atoms with Crippen molar-refractivity contribution in [3.63, 3.8) is 0 Å². The van der Waals surface area contributed by atoms with E-state index >= 15 is 0 Å². The van der Waals surface area contributed by atoms with Crippen LogP contribution in [0.25, 0.3) is 11.3 Å². The fourth-order valence-corrected chi connectivity index (χ4v) is 3.00. The van der Waals surface area contributed by atoms with Crippen molar-refractivity contribution in [2.75, 3.05) is 0 Å². The average molecular weight is 295 g/mol. The summed E-state index contributed by atoms with van der Waals surface area (Å²) in [4.78, 5) is 4.98. The quantitative estimate of drug-likeness (QED) is 0.609. The summed E-state index contributed by atoms with van der Waals surface area (Å²) in [6.45, 7) is 0. The summed E-state index contributed by atoms with van der Waals surface area (Å²) < 4.78 is 0. The number of hydrogen-bond donors (Lipinski definition) is 0. The van der Waals surface area contributed by atoms with Gasteiger partial charge in [-0.3, -0.25) is 4.99 Å². The largest absolute Gasteiger partial charge is 0.252 e. The van der Waals surface area contributed by atoms with Crippen LogP contribution in [-0.2, 0) is 0 Å². The highest BCUT2D eigenvalue weighted by Crippen LogP contribution is 2.36. The Morgan fingerprint density at radius 1 is 0.522 bits per heavy atom. The second-order valence-electron chi connectivity index (χ2n) is 5.66. The molecule has 1 nitrogen and oxygen atoms in total. The zero-order valence-corrected chi connectivity index (χ0v) is 12.8. The minimum absolute atomic E-state index is 0.873. The molecule has 0 radical (unpaired) electrons. The molecule has 0 N–H and O–H groups in total. The molecule has 4 rings (SSSR count). The van der Waals surface area contributed by atoms with Crippen LogP contribution in [0.3, 0.4) is 0 Å². The van der Waals surface area contributed by atoms with Gasteiger partial charge in [-0.15, -0.1) is 0 Å². The van der Waals surface area contributed by atoms with E-state index in [4.69, 9.17) is 4.99 Å². The molecule has 3 aromatic carbocycles. The molecule has 0 amide bonds. The molecule has 23 heavy (non-hydrogen) atoms. The summed E-state index contributed by atoms with van der Waals surface area (Å²) >= 11 is 0. The van der Waals surface area contributed by atoms with Crippen LogP contribution < -0.4 is 0 Å². The van der Waals surface area contributed by atoms with E-state index < -0.39 is 0 Å². The van der Waals surface area contributed by atoms with Crippen molar-refractivity contribution in [1.29, 1.82) is 0 Å². The summed E-state index contributed by atoms with van der Waals surface area (Å²) in [6.07, 6.45) is 0.873. The summed E-state index contributed by atoms with van der Waals surface area (Å²) in [6, 6.07) is 31.5. The highest BCUT2D eigenvalue weighted by molar-refractivity contribution is 6.16. The minimum Gasteiger partial charge on any atom is -0.252 e. The molecule has 0 spiro atoms. The van der Waals surface area contributed by atoms with Crippen molar-refractivity contribution in [3.05, 3.63) is 108 Å². The Kier molecular flexibility index (Phi) is 3.61. The van der Waals surface area contributed by atoms with Gasteiger partial charge in [0.25, 0.3) is 0 Å². The molecular weight excluding hydrogens is 278 g/mol. The van der Waals surface area contributed by atoms with E-state index in [1.165, 1.54) is 22.3 Å². The predicted molar refractivity (Wildman–Crippen MR) is 97.3 cm³/mol. The summed E-state index contributed by atoms with van der Waals surface area (Å²) in [5.74, 6) is 0. The number of benzene rings is 3. The van der Waals surface area contributed by atoms with Gasteiger partial charge in [-0.2, -0.15) is 0 Å². The van der Waals surface area contributed by atoms with E-state index in [-0.39, 0.29) is 0 Å². The zero-order chi connectivity index (χ0) is 15.5. The van der Waals surface area contributed by atoms with E-state index in [1.54, 1.807) is 0 Å². The van der Waals surface area contributed by atoms with Crippen LogP contribution in [0.1, 0.15) is 23.1 Å². The molecule has 0 saturated heterocycles. The highest BCUT2D eigenvalue weighted by Gasteiger charge is 2.21. The van der Waals surface area contributed by atoms with Gasteiger partial charge in [0.15, 0.2) is 0 Å². The van der Waals surface area contributed by atoms with Crippen LogP contribution in [0.2, 0.25) is 0 Å². The number of allylic oxidation sites excluding steroid dienone is 1. The molecule has 3 aromatic rings. The van der Waals surface area contributed by atoms with E-state index in [0.717, 1.165) is 17.8 Å². The van der Waals surface area contributed by atoms with Crippen molar-refractivity contribution >= 4 is 17.0 Å². The highest BCUT2D eigenvalue weighted by atomic mass is 14.8. The number of rotatable bonds is 3. The summed E-state index contributed by atoms with van der Waals surface area (Å²) in [5, 5.41) is 0. The molecule has 0 fully saturated rings. The minimum atomic E-state index is 0.873. The maximum atomic E-state index is 4.98. The maximum absolute atomic E-state index is 4.98. The van der Waals surface area contributed by atoms with E-state index in [2.05, 4.69) is 78.9 Å². The molecule has 110 valence electrons. The zero-order valence-electron chi connectivity index (χ0n) is 12.8. The smallest absolute Gasteiger partial charge is 0.0747 e. The fraction of sp³-hybridized carbons (Fsp3) is 0.0455. The van der Waals surface area contributed by atoms with Gasteiger partial charge in [-0.1, -0.05) is 91.0 Å². The molecular formula is C22H17N. The van der Waals surface area contributed by atoms with Crippen LogP contribution in [-0.4, -0.2) is 5.71 Å². The third kappa shape index (κ3) is 2.74. The van der Waals surface area contributed by atoms with Gasteiger partial charge in [0, 0.05) is 12.0 Å². The second kappa shape index (κ2) is 6.05. The first-order valence-electron chi connectivity index (χ1n) is 7.89. The monoisotopic (exact) mass is 295 g/mol. The van der Waals surface area contributed by atoms with Gasteiger partial charge in [-0.25, -0.2) is 0 Å². The van der Waals surface area contributed by atoms with Gasteiger partial charge >= 0.3 is 0 Å². The second-order valence-corrected chi connectivity index (χ2v) is 5.66. The molecule has 1 aliphatic rings. The van der Waals surface area contributed by atoms with E-state index in [1.807, 2.05) is 12.1 Å². The molecule has 0 atom stereocenters. The van der Waals surface area contributed by atoms with Gasteiger partial charge in [0.1, 0.15) is 0 Å². The van der Waals surface area contributed by atoms with Crippen molar-refractivity contribution in [2.45, 2.75) is 6.42 Å². The molecule has 1 aliphatic heterocycles. The van der Waals surface area contributed by atoms with E-state index in [0.29, 0.717) is 0 Å². The van der Waals surface area contributed by atoms with Gasteiger partial charge in [0.05, 0.1) is 11.4 Å². The Hall–Kier alpha value is -2.93. The SMILES string of the molecule is c1ccc(C2=NC(c3ccccc3)=C(c3ccccc3)C2)cc1. The van der Waals surface area contributed by atoms with Gasteiger partial charge in [0.2, 0.25) is 0 Å². The Morgan fingerprint density at radius 2 is 1.00 bits per heavy atom. The molecule has 1 heteroatoms. The lowest BCUT2D eigenvalue weighted by molar-refractivity contribution is 1.47. The lowest BCUT2D eigenvalue weighted by atomic mass is 9.96. The Morgan fingerprint density at radius 3 is 1.57 bits per heavy atom. The molecule has 0 aromatic heterocycles. The first kappa shape index (κ1) is 13.7. The van der Waals surface area contributed by atoms with Crippen molar-refractivity contribution in [3.8, 4) is 0 Å². The third-order valence-corrected chi connectivity index (χ3v) is 4.15. The van der Waals surface area contributed by atoms with Crippen LogP contribution in [0.15, 0.2) is 96.0 Å². The van der Waals surface area contributed by atoms with Crippen molar-refractivity contribution < 1.29 is 0 Å². The normalized spacial score (nSPS) is 14.0. The fourth-order valence-electron chi connectivity index (χ4n) is 3.00.